The summed E-state index contributed by atoms with van der Waals surface area (Å²) in [4.78, 5) is 12.6. The molecule has 5 nitrogen and oxygen atoms in total. The Morgan fingerprint density at radius 3 is 2.62 bits per heavy atom. The van der Waals surface area contributed by atoms with Crippen LogP contribution in [0.4, 0.5) is 0 Å². The van der Waals surface area contributed by atoms with Gasteiger partial charge < -0.3 is 19.3 Å². The van der Waals surface area contributed by atoms with Crippen LogP contribution in [0.3, 0.4) is 0 Å². The fourth-order valence-corrected chi connectivity index (χ4v) is 4.96. The summed E-state index contributed by atoms with van der Waals surface area (Å²) in [5.74, 6) is -0.473. The van der Waals surface area contributed by atoms with Crippen LogP contribution in [0.1, 0.15) is 52.5 Å². The van der Waals surface area contributed by atoms with Crippen molar-refractivity contribution in [2.75, 3.05) is 0 Å². The van der Waals surface area contributed by atoms with Crippen LogP contribution in [0, 0.1) is 11.8 Å². The van der Waals surface area contributed by atoms with Gasteiger partial charge in [0.05, 0.1) is 23.4 Å². The van der Waals surface area contributed by atoms with E-state index in [9.17, 15) is 9.90 Å². The van der Waals surface area contributed by atoms with Crippen LogP contribution in [0.5, 0.6) is 0 Å². The van der Waals surface area contributed by atoms with Gasteiger partial charge >= 0.3 is 5.97 Å². The monoisotopic (exact) mass is 400 g/mol. The van der Waals surface area contributed by atoms with Crippen molar-refractivity contribution in [3.63, 3.8) is 0 Å². The molecular weight excluding hydrogens is 368 g/mol. The first-order valence-corrected chi connectivity index (χ1v) is 10.7. The van der Waals surface area contributed by atoms with E-state index in [1.54, 1.807) is 6.08 Å². The zero-order chi connectivity index (χ0) is 20.8. The summed E-state index contributed by atoms with van der Waals surface area (Å²) in [6, 6.07) is 9.65. The Labute approximate surface area is 173 Å². The number of aliphatic hydroxyl groups excluding tert-OH is 1. The number of rotatable bonds is 4. The molecular formula is C24H32O5. The molecule has 2 saturated heterocycles. The average Bonchev–Trinajstić information content (AvgIpc) is 3.53. The van der Waals surface area contributed by atoms with Gasteiger partial charge in [-0.1, -0.05) is 44.2 Å². The maximum atomic E-state index is 12.6. The number of hydrogen-bond donors (Lipinski definition) is 1. The molecule has 1 aromatic carbocycles. The second kappa shape index (κ2) is 7.53. The van der Waals surface area contributed by atoms with E-state index in [2.05, 4.69) is 27.7 Å². The molecule has 5 heteroatoms. The third kappa shape index (κ3) is 4.27. The lowest BCUT2D eigenvalue weighted by atomic mass is 9.76. The SMILES string of the molecule is CC(C)[C@@H]1[C@@H](O)[C@H]2O[C@]2(C)CC[C@@H]2O[C@]2(C)C[C@@H]1OC(=O)/C=C/c1ccccc1. The van der Waals surface area contributed by atoms with Crippen molar-refractivity contribution in [1.82, 2.24) is 0 Å². The van der Waals surface area contributed by atoms with Crippen molar-refractivity contribution in [1.29, 1.82) is 0 Å². The molecule has 1 N–H and O–H groups in total. The molecule has 29 heavy (non-hydrogen) atoms. The Hall–Kier alpha value is -1.69. The van der Waals surface area contributed by atoms with Crippen LogP contribution in [-0.4, -0.2) is 46.7 Å². The van der Waals surface area contributed by atoms with Gasteiger partial charge in [0.25, 0.3) is 0 Å². The second-order valence-electron chi connectivity index (χ2n) is 9.54. The van der Waals surface area contributed by atoms with Crippen molar-refractivity contribution in [3.05, 3.63) is 42.0 Å². The third-order valence-electron chi connectivity index (χ3n) is 6.87. The van der Waals surface area contributed by atoms with Crippen molar-refractivity contribution in [3.8, 4) is 0 Å². The molecule has 2 aliphatic heterocycles. The molecule has 1 saturated carbocycles. The second-order valence-corrected chi connectivity index (χ2v) is 9.54. The van der Waals surface area contributed by atoms with Crippen molar-refractivity contribution < 1.29 is 24.1 Å². The fraction of sp³-hybridized carbons (Fsp3) is 0.625. The Kier molecular flexibility index (Phi) is 5.34. The highest BCUT2D eigenvalue weighted by atomic mass is 16.6. The van der Waals surface area contributed by atoms with E-state index in [1.807, 2.05) is 30.3 Å². The Morgan fingerprint density at radius 2 is 1.93 bits per heavy atom. The standard InChI is InChI=1S/C24H32O5/c1-15(2)20-17(27-19(25)11-10-16-8-6-5-7-9-16)14-24(4)18(28-24)12-13-23(3)22(29-23)21(20)26/h5-11,15,17-18,20-22,26H,12-14H2,1-4H3/b11-10+/t17-,18-,20-,21+,22+,23+,24+/m0/s1. The van der Waals surface area contributed by atoms with E-state index in [1.165, 1.54) is 6.08 Å². The van der Waals surface area contributed by atoms with Crippen LogP contribution in [-0.2, 0) is 19.0 Å². The highest BCUT2D eigenvalue weighted by Gasteiger charge is 2.63. The van der Waals surface area contributed by atoms with Gasteiger partial charge in [0.15, 0.2) is 0 Å². The number of epoxide rings is 2. The lowest BCUT2D eigenvalue weighted by Crippen LogP contribution is -2.45. The van der Waals surface area contributed by atoms with E-state index < -0.39 is 18.2 Å². The lowest BCUT2D eigenvalue weighted by molar-refractivity contribution is -0.152. The van der Waals surface area contributed by atoms with Gasteiger partial charge in [-0.05, 0) is 44.2 Å². The smallest absolute Gasteiger partial charge is 0.331 e. The fourth-order valence-electron chi connectivity index (χ4n) is 4.96. The first-order chi connectivity index (χ1) is 13.7. The van der Waals surface area contributed by atoms with Crippen molar-refractivity contribution in [2.24, 2.45) is 11.8 Å². The summed E-state index contributed by atoms with van der Waals surface area (Å²) >= 11 is 0. The summed E-state index contributed by atoms with van der Waals surface area (Å²) in [5.41, 5.74) is 0.327. The number of carbonyl (C=O) groups excluding carboxylic acids is 1. The van der Waals surface area contributed by atoms with Gasteiger partial charge in [0.2, 0.25) is 0 Å². The van der Waals surface area contributed by atoms with E-state index in [0.29, 0.717) is 6.42 Å². The summed E-state index contributed by atoms with van der Waals surface area (Å²) in [6.07, 6.45) is 4.43. The number of carbonyl (C=O) groups is 1. The highest BCUT2D eigenvalue weighted by Crippen LogP contribution is 2.52. The minimum atomic E-state index is -0.671. The summed E-state index contributed by atoms with van der Waals surface area (Å²) in [5, 5.41) is 11.1. The molecule has 2 heterocycles. The van der Waals surface area contributed by atoms with E-state index in [-0.39, 0.29) is 35.2 Å². The van der Waals surface area contributed by atoms with Gasteiger partial charge in [0, 0.05) is 18.4 Å². The molecule has 0 radical (unpaired) electrons. The van der Waals surface area contributed by atoms with Gasteiger partial charge in [0.1, 0.15) is 12.2 Å². The number of fused-ring (bicyclic) bond motifs is 2. The Balaban J connectivity index is 1.54. The molecule has 0 bridgehead atoms. The molecule has 0 spiro atoms. The van der Waals surface area contributed by atoms with Crippen LogP contribution in [0.2, 0.25) is 0 Å². The highest BCUT2D eigenvalue weighted by molar-refractivity contribution is 5.87. The van der Waals surface area contributed by atoms with Crippen LogP contribution < -0.4 is 0 Å². The molecule has 0 aromatic heterocycles. The maximum absolute atomic E-state index is 12.6. The zero-order valence-electron chi connectivity index (χ0n) is 17.7. The Morgan fingerprint density at radius 1 is 1.21 bits per heavy atom. The largest absolute Gasteiger partial charge is 0.459 e. The quantitative estimate of drug-likeness (QED) is 0.474. The lowest BCUT2D eigenvalue weighted by Gasteiger charge is -2.34. The molecule has 3 fully saturated rings. The number of ether oxygens (including phenoxy) is 3. The molecule has 1 aromatic rings. The number of hydrogen-bond acceptors (Lipinski definition) is 5. The molecule has 4 rings (SSSR count). The first-order valence-electron chi connectivity index (χ1n) is 10.7. The number of benzene rings is 1. The predicted octanol–water partition coefficient (Wildman–Crippen LogP) is 3.74. The van der Waals surface area contributed by atoms with Gasteiger partial charge in [-0.15, -0.1) is 0 Å². The van der Waals surface area contributed by atoms with E-state index >= 15 is 0 Å². The van der Waals surface area contributed by atoms with Crippen molar-refractivity contribution >= 4 is 12.0 Å². The molecule has 7 atom stereocenters. The molecule has 1 aliphatic carbocycles. The summed E-state index contributed by atoms with van der Waals surface area (Å²) < 4.78 is 17.9. The minimum Gasteiger partial charge on any atom is -0.459 e. The van der Waals surface area contributed by atoms with Gasteiger partial charge in [-0.2, -0.15) is 0 Å². The predicted molar refractivity (Wildman–Crippen MR) is 110 cm³/mol. The molecule has 0 unspecified atom stereocenters. The molecule has 3 aliphatic rings. The van der Waals surface area contributed by atoms with Crippen LogP contribution >= 0.6 is 0 Å². The van der Waals surface area contributed by atoms with E-state index in [4.69, 9.17) is 14.2 Å². The maximum Gasteiger partial charge on any atom is 0.331 e. The molecule has 0 amide bonds. The summed E-state index contributed by atoms with van der Waals surface area (Å²) in [7, 11) is 0. The van der Waals surface area contributed by atoms with Gasteiger partial charge in [-0.25, -0.2) is 4.79 Å². The normalized spacial score (nSPS) is 41.5. The number of aliphatic hydroxyl groups is 1. The minimum absolute atomic E-state index is 0.134. The first kappa shape index (κ1) is 20.6. The average molecular weight is 401 g/mol. The van der Waals surface area contributed by atoms with E-state index in [0.717, 1.165) is 18.4 Å². The summed E-state index contributed by atoms with van der Waals surface area (Å²) in [6.45, 7) is 8.27. The zero-order valence-corrected chi connectivity index (χ0v) is 17.7. The van der Waals surface area contributed by atoms with Crippen LogP contribution in [0.25, 0.3) is 6.08 Å². The number of esters is 1. The molecule has 158 valence electrons. The topological polar surface area (TPSA) is 71.6 Å². The van der Waals surface area contributed by atoms with Crippen molar-refractivity contribution in [2.45, 2.75) is 82.6 Å². The van der Waals surface area contributed by atoms with Gasteiger partial charge in [-0.3, -0.25) is 0 Å². The third-order valence-corrected chi connectivity index (χ3v) is 6.87. The van der Waals surface area contributed by atoms with Crippen LogP contribution in [0.15, 0.2) is 36.4 Å². The Bertz CT molecular complexity index is 775.